The van der Waals surface area contributed by atoms with Gasteiger partial charge in [0, 0.05) is 6.42 Å². The number of carbonyl (C=O) groups is 1. The molecule has 2 N–H and O–H groups in total. The topological polar surface area (TPSA) is 85.2 Å². The Balaban J connectivity index is 1.04. The molecular weight excluding hydrogens is 709 g/mol. The molecule has 0 aromatic heterocycles. The summed E-state index contributed by atoms with van der Waals surface area (Å²) in [7, 11) is 0. The maximum absolute atomic E-state index is 13.1. The van der Waals surface area contributed by atoms with E-state index in [1.165, 1.54) is 115 Å². The second kappa shape index (κ2) is 18.4. The molecule has 0 radical (unpaired) electrons. The van der Waals surface area contributed by atoms with Gasteiger partial charge in [0.25, 0.3) is 0 Å². The van der Waals surface area contributed by atoms with Gasteiger partial charge in [-0.1, -0.05) is 149 Å². The predicted molar refractivity (Wildman–Crippen MR) is 231 cm³/mol. The first-order valence-electron chi connectivity index (χ1n) is 24.2. The summed E-state index contributed by atoms with van der Waals surface area (Å²) in [5.74, 6) is 2.02. The van der Waals surface area contributed by atoms with Crippen molar-refractivity contribution in [2.24, 2.45) is 50.7 Å². The Morgan fingerprint density at radius 1 is 0.825 bits per heavy atom. The van der Waals surface area contributed by atoms with Gasteiger partial charge in [-0.3, -0.25) is 4.79 Å². The van der Waals surface area contributed by atoms with Gasteiger partial charge in [-0.05, 0) is 122 Å². The lowest BCUT2D eigenvalue weighted by Crippen LogP contribution is -2.64. The van der Waals surface area contributed by atoms with E-state index in [4.69, 9.17) is 14.2 Å². The van der Waals surface area contributed by atoms with Crippen LogP contribution in [0.3, 0.4) is 0 Å². The molecule has 6 aliphatic rings. The molecule has 6 rings (SSSR count). The third-order valence-corrected chi connectivity index (χ3v) is 18.3. The van der Waals surface area contributed by atoms with Gasteiger partial charge in [0.2, 0.25) is 0 Å². The number of aliphatic hydroxyl groups is 2. The van der Waals surface area contributed by atoms with Gasteiger partial charge in [-0.25, -0.2) is 0 Å². The molecule has 0 aromatic rings. The van der Waals surface area contributed by atoms with Crippen LogP contribution < -0.4 is 0 Å². The van der Waals surface area contributed by atoms with Gasteiger partial charge in [0.05, 0.1) is 12.7 Å². The van der Waals surface area contributed by atoms with E-state index in [0.717, 1.165) is 32.1 Å². The summed E-state index contributed by atoms with van der Waals surface area (Å²) in [6, 6.07) is 0. The van der Waals surface area contributed by atoms with E-state index < -0.39 is 24.6 Å². The number of esters is 1. The largest absolute Gasteiger partial charge is 0.454 e. The van der Waals surface area contributed by atoms with Crippen LogP contribution >= 0.6 is 0 Å². The lowest BCUT2D eigenvalue weighted by Gasteiger charge is -2.71. The Hall–Kier alpha value is -1.21. The molecule has 1 aliphatic heterocycles. The molecule has 6 nitrogen and oxygen atoms in total. The van der Waals surface area contributed by atoms with E-state index in [1.54, 1.807) is 5.57 Å². The lowest BCUT2D eigenvalue weighted by molar-refractivity contribution is -0.261. The van der Waals surface area contributed by atoms with E-state index in [2.05, 4.69) is 68.0 Å². The summed E-state index contributed by atoms with van der Waals surface area (Å²) in [4.78, 5) is 13.1. The van der Waals surface area contributed by atoms with Gasteiger partial charge in [0.15, 0.2) is 12.4 Å². The first-order chi connectivity index (χ1) is 27.1. The fourth-order valence-electron chi connectivity index (χ4n) is 14.6. The molecule has 1 saturated heterocycles. The minimum atomic E-state index is -1.12. The van der Waals surface area contributed by atoms with Crippen LogP contribution in [-0.4, -0.2) is 53.5 Å². The van der Waals surface area contributed by atoms with Crippen molar-refractivity contribution in [2.45, 2.75) is 234 Å². The maximum Gasteiger partial charge on any atom is 0.306 e. The molecule has 0 aromatic carbocycles. The molecule has 326 valence electrons. The van der Waals surface area contributed by atoms with E-state index in [9.17, 15) is 15.0 Å². The Morgan fingerprint density at radius 2 is 1.46 bits per heavy atom. The van der Waals surface area contributed by atoms with Crippen LogP contribution in [0.5, 0.6) is 0 Å². The molecule has 6 heteroatoms. The summed E-state index contributed by atoms with van der Waals surface area (Å²) in [5, 5.41) is 21.3. The quantitative estimate of drug-likeness (QED) is 0.0769. The van der Waals surface area contributed by atoms with Crippen molar-refractivity contribution >= 4 is 5.97 Å². The van der Waals surface area contributed by atoms with Crippen LogP contribution in [0.2, 0.25) is 0 Å². The Morgan fingerprint density at radius 3 is 2.07 bits per heavy atom. The van der Waals surface area contributed by atoms with Gasteiger partial charge in [-0.15, -0.1) is 0 Å². The second-order valence-corrected chi connectivity index (χ2v) is 22.1. The summed E-state index contributed by atoms with van der Waals surface area (Å²) in [6.45, 7) is 24.0. The molecular formula is C51H86O6. The van der Waals surface area contributed by atoms with Crippen molar-refractivity contribution in [3.63, 3.8) is 0 Å². The zero-order chi connectivity index (χ0) is 41.2. The van der Waals surface area contributed by atoms with E-state index in [0.29, 0.717) is 35.5 Å². The highest BCUT2D eigenvalue weighted by molar-refractivity contribution is 5.69. The summed E-state index contributed by atoms with van der Waals surface area (Å²) in [6.07, 6.45) is 26.3. The summed E-state index contributed by atoms with van der Waals surface area (Å²) < 4.78 is 19.0. The van der Waals surface area contributed by atoms with Crippen LogP contribution in [0.25, 0.3) is 0 Å². The van der Waals surface area contributed by atoms with Crippen molar-refractivity contribution in [3.8, 4) is 0 Å². The molecule has 13 unspecified atom stereocenters. The SMILES string of the molecule is C=C(C)C1CCC2(C)CCC3(C)C(=CCC4C5(C)CCC(OC6OC(CO)C(O)C6OC(=O)CCCCCCCCCCCCCCC)C(C)(C)C5CCC43C)C12. The van der Waals surface area contributed by atoms with Crippen molar-refractivity contribution in [1.29, 1.82) is 0 Å². The molecule has 0 spiro atoms. The number of aliphatic hydroxyl groups excluding tert-OH is 2. The normalized spacial score (nSPS) is 42.1. The predicted octanol–water partition coefficient (Wildman–Crippen LogP) is 12.4. The third kappa shape index (κ3) is 8.66. The molecule has 4 saturated carbocycles. The minimum Gasteiger partial charge on any atom is -0.454 e. The van der Waals surface area contributed by atoms with E-state index in [1.807, 2.05) is 0 Å². The van der Waals surface area contributed by atoms with Crippen LogP contribution in [-0.2, 0) is 19.0 Å². The number of hydrogen-bond donors (Lipinski definition) is 2. The van der Waals surface area contributed by atoms with Gasteiger partial charge < -0.3 is 24.4 Å². The van der Waals surface area contributed by atoms with Gasteiger partial charge in [0.1, 0.15) is 12.2 Å². The standard InChI is InChI=1S/C51H86O6/c1-10-11-12-13-14-15-16-17-18-19-20-21-22-23-42(53)57-45-44(54)38(34-52)55-46(45)56-41-28-30-49(7)39(47(41,4)5)27-31-51(9)40(49)25-24-37-43-36(35(2)3)26-29-48(43,6)32-33-50(37,51)8/h24,36,38-41,43-46,52,54H,2,10-23,25-34H2,1,3-9H3. The molecule has 57 heavy (non-hydrogen) atoms. The molecule has 5 aliphatic carbocycles. The lowest BCUT2D eigenvalue weighted by atomic mass is 9.34. The number of allylic oxidation sites excluding steroid dienone is 3. The highest BCUT2D eigenvalue weighted by Crippen LogP contribution is 2.76. The first kappa shape index (κ1) is 45.3. The van der Waals surface area contributed by atoms with Crippen LogP contribution in [0.15, 0.2) is 23.8 Å². The average molecular weight is 795 g/mol. The van der Waals surface area contributed by atoms with E-state index >= 15 is 0 Å². The fraction of sp³-hybridized carbons (Fsp3) is 0.902. The van der Waals surface area contributed by atoms with Crippen molar-refractivity contribution in [2.75, 3.05) is 6.61 Å². The van der Waals surface area contributed by atoms with Gasteiger partial charge >= 0.3 is 5.97 Å². The zero-order valence-corrected chi connectivity index (χ0v) is 38.0. The zero-order valence-electron chi connectivity index (χ0n) is 38.0. The van der Waals surface area contributed by atoms with Crippen LogP contribution in [0.4, 0.5) is 0 Å². The molecule has 5 fully saturated rings. The Labute approximate surface area is 349 Å². The Kier molecular flexibility index (Phi) is 14.6. The van der Waals surface area contributed by atoms with Crippen LogP contribution in [0, 0.1) is 50.7 Å². The van der Waals surface area contributed by atoms with Crippen LogP contribution in [0.1, 0.15) is 203 Å². The number of ether oxygens (including phenoxy) is 3. The first-order valence-corrected chi connectivity index (χ1v) is 24.2. The molecule has 13 atom stereocenters. The highest BCUT2D eigenvalue weighted by Gasteiger charge is 2.69. The van der Waals surface area contributed by atoms with E-state index in [-0.39, 0.29) is 40.3 Å². The number of fused-ring (bicyclic) bond motifs is 7. The molecule has 1 heterocycles. The van der Waals surface area contributed by atoms with Crippen molar-refractivity contribution in [1.82, 2.24) is 0 Å². The number of unbranched alkanes of at least 4 members (excludes halogenated alkanes) is 12. The summed E-state index contributed by atoms with van der Waals surface area (Å²) in [5.41, 5.74) is 4.05. The highest BCUT2D eigenvalue weighted by atomic mass is 16.7. The summed E-state index contributed by atoms with van der Waals surface area (Å²) >= 11 is 0. The fourth-order valence-corrected chi connectivity index (χ4v) is 14.6. The number of carbonyl (C=O) groups excluding carboxylic acids is 1. The average Bonchev–Trinajstić information content (AvgIpc) is 3.67. The molecule has 0 bridgehead atoms. The van der Waals surface area contributed by atoms with Crippen molar-refractivity contribution in [3.05, 3.63) is 23.8 Å². The number of rotatable bonds is 19. The smallest absolute Gasteiger partial charge is 0.306 e. The Bertz CT molecular complexity index is 1400. The third-order valence-electron chi connectivity index (χ3n) is 18.3. The second-order valence-electron chi connectivity index (χ2n) is 22.1. The maximum atomic E-state index is 13.1. The molecule has 0 amide bonds. The van der Waals surface area contributed by atoms with Gasteiger partial charge in [-0.2, -0.15) is 0 Å². The monoisotopic (exact) mass is 795 g/mol. The van der Waals surface area contributed by atoms with Crippen molar-refractivity contribution < 1.29 is 29.2 Å². The minimum absolute atomic E-state index is 0.104. The number of hydrogen-bond acceptors (Lipinski definition) is 6.